The molecule has 0 amide bonds. The number of nitrogens with zero attached hydrogens (tertiary/aromatic N) is 6. The Morgan fingerprint density at radius 1 is 0.263 bits per heavy atom. The average Bonchev–Trinajstić information content (AvgIpc) is 3.26. The number of aromatic nitrogens is 3. The van der Waals surface area contributed by atoms with Gasteiger partial charge in [-0.25, -0.2) is 28.1 Å². The van der Waals surface area contributed by atoms with Gasteiger partial charge in [-0.3, -0.25) is 0 Å². The largest absolute Gasteiger partial charge is 0.345 e. The molecule has 9 nitrogen and oxygen atoms in total. The van der Waals surface area contributed by atoms with Crippen LogP contribution < -0.4 is 17.1 Å². The normalized spacial score (nSPS) is 9.84. The summed E-state index contributed by atoms with van der Waals surface area (Å²) >= 11 is 0. The molecule has 0 aliphatic rings. The fourth-order valence-electron chi connectivity index (χ4n) is 5.61. The highest BCUT2D eigenvalue weighted by Gasteiger charge is 2.19. The van der Waals surface area contributed by atoms with E-state index in [1.807, 2.05) is 0 Å². The van der Waals surface area contributed by atoms with Crippen molar-refractivity contribution in [3.8, 4) is 70.8 Å². The van der Waals surface area contributed by atoms with E-state index in [9.17, 15) is 14.4 Å². The Kier molecular flexibility index (Phi) is 10.3. The zero-order valence-corrected chi connectivity index (χ0v) is 29.8. The van der Waals surface area contributed by atoms with Crippen LogP contribution in [0, 0.1) is 69.5 Å². The lowest BCUT2D eigenvalue weighted by molar-refractivity contribution is 0.659. The topological polar surface area (TPSA) is 137 Å². The van der Waals surface area contributed by atoms with Gasteiger partial charge in [-0.2, -0.15) is 15.8 Å². The van der Waals surface area contributed by atoms with Crippen molar-refractivity contribution in [1.29, 1.82) is 15.8 Å². The van der Waals surface area contributed by atoms with Crippen LogP contribution in [0.2, 0.25) is 0 Å². The standard InChI is InChI=1S/C48H24N6O3/c49-31-40-13-7-34(8-14-40)1-4-37-19-25-43(26-20-37)52-46(55)53(44-27-21-38(22-28-44)5-2-35-9-15-41(32-50)16-10-35)48(57)54(47(52)56)45-29-23-39(24-30-45)6-3-36-11-17-42(33-51)18-12-36/h7-30H. The van der Waals surface area contributed by atoms with Crippen molar-refractivity contribution in [1.82, 2.24) is 13.7 Å². The lowest BCUT2D eigenvalue weighted by Gasteiger charge is -2.14. The molecule has 0 aliphatic heterocycles. The van der Waals surface area contributed by atoms with Gasteiger partial charge in [0.15, 0.2) is 0 Å². The summed E-state index contributed by atoms with van der Waals surface area (Å²) in [6.07, 6.45) is 0. The van der Waals surface area contributed by atoms with Crippen molar-refractivity contribution in [2.45, 2.75) is 0 Å². The Morgan fingerprint density at radius 3 is 0.596 bits per heavy atom. The maximum atomic E-state index is 14.2. The van der Waals surface area contributed by atoms with Crippen LogP contribution >= 0.6 is 0 Å². The Morgan fingerprint density at radius 2 is 0.421 bits per heavy atom. The first-order valence-electron chi connectivity index (χ1n) is 17.2. The molecule has 0 spiro atoms. The third-order valence-corrected chi connectivity index (χ3v) is 8.62. The van der Waals surface area contributed by atoms with Crippen molar-refractivity contribution in [3.05, 3.63) is 227 Å². The highest BCUT2D eigenvalue weighted by atomic mass is 16.2. The van der Waals surface area contributed by atoms with Gasteiger partial charge in [0.25, 0.3) is 0 Å². The monoisotopic (exact) mass is 732 g/mol. The lowest BCUT2D eigenvalue weighted by atomic mass is 10.1. The maximum Gasteiger partial charge on any atom is 0.345 e. The molecular weight excluding hydrogens is 709 g/mol. The van der Waals surface area contributed by atoms with Gasteiger partial charge in [0.1, 0.15) is 0 Å². The van der Waals surface area contributed by atoms with E-state index in [-0.39, 0.29) is 17.1 Å². The molecule has 0 N–H and O–H groups in total. The maximum absolute atomic E-state index is 14.2. The van der Waals surface area contributed by atoms with Crippen LogP contribution in [0.3, 0.4) is 0 Å². The first-order chi connectivity index (χ1) is 27.8. The third-order valence-electron chi connectivity index (χ3n) is 8.62. The van der Waals surface area contributed by atoms with Crippen LogP contribution in [0.5, 0.6) is 0 Å². The summed E-state index contributed by atoms with van der Waals surface area (Å²) in [6.45, 7) is 0. The fraction of sp³-hybridized carbons (Fsp3) is 0. The molecule has 7 rings (SSSR count). The summed E-state index contributed by atoms with van der Waals surface area (Å²) in [6, 6.07) is 46.2. The number of benzene rings is 6. The van der Waals surface area contributed by atoms with Gasteiger partial charge in [0.2, 0.25) is 0 Å². The van der Waals surface area contributed by atoms with E-state index in [0.717, 1.165) is 13.7 Å². The average molecular weight is 733 g/mol. The highest BCUT2D eigenvalue weighted by Crippen LogP contribution is 2.12. The van der Waals surface area contributed by atoms with E-state index < -0.39 is 17.1 Å². The molecule has 57 heavy (non-hydrogen) atoms. The molecular formula is C48H24N6O3. The minimum atomic E-state index is -0.876. The number of hydrogen-bond donors (Lipinski definition) is 0. The Bertz CT molecular complexity index is 2790. The molecule has 1 aromatic heterocycles. The van der Waals surface area contributed by atoms with E-state index in [1.54, 1.807) is 146 Å². The predicted octanol–water partition coefficient (Wildman–Crippen LogP) is 5.95. The van der Waals surface area contributed by atoms with E-state index in [0.29, 0.717) is 50.1 Å². The van der Waals surface area contributed by atoms with Gasteiger partial charge in [0, 0.05) is 33.4 Å². The second-order valence-electron chi connectivity index (χ2n) is 12.3. The molecule has 0 aliphatic carbocycles. The Balaban J connectivity index is 1.28. The highest BCUT2D eigenvalue weighted by molar-refractivity contribution is 5.51. The van der Waals surface area contributed by atoms with E-state index in [4.69, 9.17) is 15.8 Å². The summed E-state index contributed by atoms with van der Waals surface area (Å²) in [7, 11) is 0. The summed E-state index contributed by atoms with van der Waals surface area (Å²) in [4.78, 5) is 42.5. The Labute approximate surface area is 326 Å². The molecule has 0 unspecified atom stereocenters. The molecule has 0 fully saturated rings. The van der Waals surface area contributed by atoms with Crippen LogP contribution in [0.4, 0.5) is 0 Å². The van der Waals surface area contributed by atoms with Gasteiger partial charge < -0.3 is 0 Å². The zero-order valence-electron chi connectivity index (χ0n) is 29.8. The minimum absolute atomic E-state index is 0.214. The van der Waals surface area contributed by atoms with Gasteiger partial charge in [0.05, 0.1) is 52.0 Å². The molecule has 9 heteroatoms. The van der Waals surface area contributed by atoms with Crippen molar-refractivity contribution in [3.63, 3.8) is 0 Å². The lowest BCUT2D eigenvalue weighted by Crippen LogP contribution is -2.52. The van der Waals surface area contributed by atoms with Crippen LogP contribution in [0.1, 0.15) is 50.1 Å². The molecule has 6 aromatic carbocycles. The first kappa shape index (κ1) is 36.2. The molecule has 0 atom stereocenters. The molecule has 0 bridgehead atoms. The molecule has 0 radical (unpaired) electrons. The predicted molar refractivity (Wildman–Crippen MR) is 215 cm³/mol. The second-order valence-corrected chi connectivity index (χ2v) is 12.3. The van der Waals surface area contributed by atoms with E-state index in [2.05, 4.69) is 53.7 Å². The van der Waals surface area contributed by atoms with Gasteiger partial charge >= 0.3 is 17.1 Å². The minimum Gasteiger partial charge on any atom is -0.246 e. The molecule has 0 saturated carbocycles. The summed E-state index contributed by atoms with van der Waals surface area (Å²) < 4.78 is 2.78. The van der Waals surface area contributed by atoms with E-state index >= 15 is 0 Å². The second kappa shape index (κ2) is 16.3. The molecule has 7 aromatic rings. The van der Waals surface area contributed by atoms with Gasteiger partial charge in [-0.15, -0.1) is 0 Å². The molecule has 1 heterocycles. The Hall–Kier alpha value is -9.12. The van der Waals surface area contributed by atoms with Crippen LogP contribution in [0.15, 0.2) is 160 Å². The quantitative estimate of drug-likeness (QED) is 0.206. The number of rotatable bonds is 3. The number of nitriles is 3. The van der Waals surface area contributed by atoms with Crippen LogP contribution in [0.25, 0.3) is 17.1 Å². The van der Waals surface area contributed by atoms with Crippen molar-refractivity contribution < 1.29 is 0 Å². The third kappa shape index (κ3) is 8.11. The fourth-order valence-corrected chi connectivity index (χ4v) is 5.61. The first-order valence-corrected chi connectivity index (χ1v) is 17.2. The smallest absolute Gasteiger partial charge is 0.246 e. The van der Waals surface area contributed by atoms with E-state index in [1.165, 1.54) is 0 Å². The van der Waals surface area contributed by atoms with Crippen LogP contribution in [-0.2, 0) is 0 Å². The molecule has 264 valence electrons. The summed E-state index contributed by atoms with van der Waals surface area (Å²) in [5.41, 5.74) is 3.55. The SMILES string of the molecule is N#Cc1ccc(C#Cc2ccc(-n3c(=O)n(-c4ccc(C#Cc5ccc(C#N)cc5)cc4)c(=O)n(-c4ccc(C#Cc5ccc(C#N)cc5)cc4)c3=O)cc2)cc1. The van der Waals surface area contributed by atoms with Gasteiger partial charge in [-0.1, -0.05) is 35.5 Å². The molecule has 0 saturated heterocycles. The summed E-state index contributed by atoms with van der Waals surface area (Å²) in [5.74, 6) is 18.2. The van der Waals surface area contributed by atoms with Crippen molar-refractivity contribution in [2.24, 2.45) is 0 Å². The summed E-state index contributed by atoms with van der Waals surface area (Å²) in [5, 5.41) is 27.2. The number of hydrogen-bond acceptors (Lipinski definition) is 6. The van der Waals surface area contributed by atoms with Gasteiger partial charge in [-0.05, 0) is 146 Å². The van der Waals surface area contributed by atoms with Crippen molar-refractivity contribution >= 4 is 0 Å². The van der Waals surface area contributed by atoms with Crippen molar-refractivity contribution in [2.75, 3.05) is 0 Å². The zero-order chi connectivity index (χ0) is 39.7. The van der Waals surface area contributed by atoms with Crippen LogP contribution in [-0.4, -0.2) is 13.7 Å².